The van der Waals surface area contributed by atoms with E-state index in [9.17, 15) is 5.11 Å². The molecule has 3 aromatic heterocycles. The summed E-state index contributed by atoms with van der Waals surface area (Å²) in [6.07, 6.45) is 0.875. The quantitative estimate of drug-likeness (QED) is 0.553. The van der Waals surface area contributed by atoms with E-state index in [-0.39, 0.29) is 18.6 Å². The minimum atomic E-state index is 0.168. The SMILES string of the molecule is Cc1cc2cc(-c3c(Cl)nc(N(C)C)nc3NC3CC(CO)C(C)C3C)oc2c(C)n1. The molecule has 0 saturated heterocycles. The Bertz CT molecular complexity index is 1110. The predicted octanol–water partition coefficient (Wildman–Crippen LogP) is 4.69. The van der Waals surface area contributed by atoms with Gasteiger partial charge in [-0.1, -0.05) is 25.4 Å². The number of aliphatic hydroxyl groups is 1. The second-order valence-electron chi connectivity index (χ2n) is 8.96. The summed E-state index contributed by atoms with van der Waals surface area (Å²) in [5.41, 5.74) is 3.15. The van der Waals surface area contributed by atoms with Gasteiger partial charge in [-0.15, -0.1) is 0 Å². The van der Waals surface area contributed by atoms with Crippen LogP contribution < -0.4 is 10.2 Å². The van der Waals surface area contributed by atoms with Gasteiger partial charge in [0.2, 0.25) is 5.95 Å². The molecular formula is C23H30ClN5O2. The Labute approximate surface area is 187 Å². The molecule has 1 saturated carbocycles. The number of nitrogens with zero attached hydrogens (tertiary/aromatic N) is 4. The fraction of sp³-hybridized carbons (Fsp3) is 0.522. The van der Waals surface area contributed by atoms with Crippen LogP contribution in [0.1, 0.15) is 31.7 Å². The highest BCUT2D eigenvalue weighted by atomic mass is 35.5. The van der Waals surface area contributed by atoms with Gasteiger partial charge in [-0.3, -0.25) is 4.98 Å². The smallest absolute Gasteiger partial charge is 0.228 e. The zero-order chi connectivity index (χ0) is 22.4. The van der Waals surface area contributed by atoms with Crippen molar-refractivity contribution < 1.29 is 9.52 Å². The van der Waals surface area contributed by atoms with E-state index >= 15 is 0 Å². The van der Waals surface area contributed by atoms with Gasteiger partial charge in [0, 0.05) is 37.8 Å². The topological polar surface area (TPSA) is 87.3 Å². The second kappa shape index (κ2) is 8.28. The van der Waals surface area contributed by atoms with Crippen LogP contribution in [0.3, 0.4) is 0 Å². The molecule has 3 heterocycles. The number of hydrogen-bond donors (Lipinski definition) is 2. The molecule has 2 N–H and O–H groups in total. The second-order valence-corrected chi connectivity index (χ2v) is 9.32. The average molecular weight is 444 g/mol. The number of anilines is 2. The number of aromatic nitrogens is 3. The summed E-state index contributed by atoms with van der Waals surface area (Å²) in [6, 6.07) is 4.14. The van der Waals surface area contributed by atoms with Gasteiger partial charge < -0.3 is 19.7 Å². The molecule has 3 aromatic rings. The highest BCUT2D eigenvalue weighted by Crippen LogP contribution is 2.42. The number of aryl methyl sites for hydroxylation is 2. The van der Waals surface area contributed by atoms with Gasteiger partial charge in [0.15, 0.2) is 5.58 Å². The molecular weight excluding hydrogens is 414 g/mol. The highest BCUT2D eigenvalue weighted by Gasteiger charge is 2.38. The zero-order valence-corrected chi connectivity index (χ0v) is 19.7. The maximum Gasteiger partial charge on any atom is 0.228 e. The molecule has 1 aliphatic carbocycles. The number of rotatable bonds is 5. The van der Waals surface area contributed by atoms with E-state index in [1.54, 1.807) is 0 Å². The number of nitrogens with one attached hydrogen (secondary N) is 1. The summed E-state index contributed by atoms with van der Waals surface area (Å²) in [7, 11) is 3.77. The minimum Gasteiger partial charge on any atom is -0.454 e. The van der Waals surface area contributed by atoms with Crippen LogP contribution in [0.25, 0.3) is 22.3 Å². The van der Waals surface area contributed by atoms with Crippen LogP contribution in [-0.2, 0) is 0 Å². The van der Waals surface area contributed by atoms with E-state index in [4.69, 9.17) is 21.0 Å². The number of pyridine rings is 1. The first-order chi connectivity index (χ1) is 14.7. The van der Waals surface area contributed by atoms with Crippen LogP contribution in [0.2, 0.25) is 5.15 Å². The lowest BCUT2D eigenvalue weighted by atomic mass is 9.92. The predicted molar refractivity (Wildman–Crippen MR) is 125 cm³/mol. The summed E-state index contributed by atoms with van der Waals surface area (Å²) < 4.78 is 6.20. The number of halogens is 1. The van der Waals surface area contributed by atoms with E-state index in [0.29, 0.717) is 40.1 Å². The van der Waals surface area contributed by atoms with Crippen molar-refractivity contribution >= 4 is 34.3 Å². The maximum atomic E-state index is 9.76. The van der Waals surface area contributed by atoms with Crippen molar-refractivity contribution in [1.82, 2.24) is 15.0 Å². The molecule has 7 nitrogen and oxygen atoms in total. The largest absolute Gasteiger partial charge is 0.454 e. The molecule has 1 fully saturated rings. The van der Waals surface area contributed by atoms with E-state index in [2.05, 4.69) is 29.1 Å². The van der Waals surface area contributed by atoms with Crippen LogP contribution in [0.4, 0.5) is 11.8 Å². The number of hydrogen-bond acceptors (Lipinski definition) is 7. The normalized spacial score (nSPS) is 23.5. The zero-order valence-electron chi connectivity index (χ0n) is 18.9. The lowest BCUT2D eigenvalue weighted by molar-refractivity contribution is 0.191. The van der Waals surface area contributed by atoms with Crippen LogP contribution in [0, 0.1) is 31.6 Å². The molecule has 0 radical (unpaired) electrons. The molecule has 8 heteroatoms. The minimum absolute atomic E-state index is 0.168. The molecule has 1 aliphatic rings. The Morgan fingerprint density at radius 3 is 2.55 bits per heavy atom. The van der Waals surface area contributed by atoms with Gasteiger partial charge in [-0.2, -0.15) is 4.98 Å². The van der Waals surface area contributed by atoms with Crippen LogP contribution in [-0.4, -0.2) is 46.8 Å². The molecule has 31 heavy (non-hydrogen) atoms. The lowest BCUT2D eigenvalue weighted by Gasteiger charge is -2.23. The summed E-state index contributed by atoms with van der Waals surface area (Å²) in [4.78, 5) is 15.6. The third kappa shape index (κ3) is 3.96. The summed E-state index contributed by atoms with van der Waals surface area (Å²) in [5, 5.41) is 14.7. The van der Waals surface area contributed by atoms with E-state index in [0.717, 1.165) is 28.8 Å². The van der Waals surface area contributed by atoms with Gasteiger partial charge in [-0.25, -0.2) is 4.98 Å². The van der Waals surface area contributed by atoms with E-state index in [1.165, 1.54) is 0 Å². The Balaban J connectivity index is 1.82. The molecule has 166 valence electrons. The summed E-state index contributed by atoms with van der Waals surface area (Å²) in [5.74, 6) is 2.85. The van der Waals surface area contributed by atoms with Gasteiger partial charge >= 0.3 is 0 Å². The van der Waals surface area contributed by atoms with Gasteiger partial charge in [0.05, 0.1) is 11.3 Å². The molecule has 0 aromatic carbocycles. The van der Waals surface area contributed by atoms with Crippen LogP contribution >= 0.6 is 11.6 Å². The monoisotopic (exact) mass is 443 g/mol. The Morgan fingerprint density at radius 1 is 1.16 bits per heavy atom. The van der Waals surface area contributed by atoms with Crippen molar-refractivity contribution in [2.45, 2.75) is 40.2 Å². The number of fused-ring (bicyclic) bond motifs is 1. The summed E-state index contributed by atoms with van der Waals surface area (Å²) in [6.45, 7) is 8.51. The molecule has 0 amide bonds. The molecule has 0 spiro atoms. The highest BCUT2D eigenvalue weighted by molar-refractivity contribution is 6.32. The first-order valence-electron chi connectivity index (χ1n) is 10.7. The first-order valence-corrected chi connectivity index (χ1v) is 11.1. The van der Waals surface area contributed by atoms with Crippen molar-refractivity contribution in [2.75, 3.05) is 30.9 Å². The summed E-state index contributed by atoms with van der Waals surface area (Å²) >= 11 is 6.68. The van der Waals surface area contributed by atoms with Crippen molar-refractivity contribution in [2.24, 2.45) is 17.8 Å². The van der Waals surface area contributed by atoms with Gasteiger partial charge in [0.25, 0.3) is 0 Å². The Morgan fingerprint density at radius 2 is 1.90 bits per heavy atom. The first kappa shape index (κ1) is 21.8. The number of furan rings is 1. The third-order valence-corrected chi connectivity index (χ3v) is 6.89. The molecule has 4 unspecified atom stereocenters. The Hall–Kier alpha value is -2.38. The fourth-order valence-electron chi connectivity index (χ4n) is 4.59. The van der Waals surface area contributed by atoms with Crippen LogP contribution in [0.15, 0.2) is 16.5 Å². The van der Waals surface area contributed by atoms with E-state index in [1.807, 2.05) is 45.0 Å². The average Bonchev–Trinajstić information content (AvgIpc) is 3.23. The van der Waals surface area contributed by atoms with Crippen LogP contribution in [0.5, 0.6) is 0 Å². The molecule has 0 aliphatic heterocycles. The van der Waals surface area contributed by atoms with Gasteiger partial charge in [0.1, 0.15) is 16.7 Å². The molecule has 0 bridgehead atoms. The Kier molecular flexibility index (Phi) is 5.83. The van der Waals surface area contributed by atoms with Crippen molar-refractivity contribution in [3.05, 3.63) is 28.7 Å². The van der Waals surface area contributed by atoms with Gasteiger partial charge in [-0.05, 0) is 50.2 Å². The maximum absolute atomic E-state index is 9.76. The van der Waals surface area contributed by atoms with Crippen molar-refractivity contribution in [1.29, 1.82) is 0 Å². The standard InChI is InChI=1S/C23H30ClN5O2/c1-11-7-15-9-18(31-20(15)14(4)25-11)19-21(24)27-23(29(5)6)28-22(19)26-17-8-16(10-30)12(2)13(17)3/h7,9,12-13,16-17,30H,8,10H2,1-6H3,(H,26,27,28). The van der Waals surface area contributed by atoms with E-state index < -0.39 is 0 Å². The fourth-order valence-corrected chi connectivity index (χ4v) is 4.85. The molecule has 4 atom stereocenters. The third-order valence-electron chi connectivity index (χ3n) is 6.62. The number of aliphatic hydroxyl groups excluding tert-OH is 1. The molecule has 4 rings (SSSR count). The lowest BCUT2D eigenvalue weighted by Crippen LogP contribution is -2.25. The van der Waals surface area contributed by atoms with Crippen molar-refractivity contribution in [3.63, 3.8) is 0 Å². The van der Waals surface area contributed by atoms with Crippen molar-refractivity contribution in [3.8, 4) is 11.3 Å².